The van der Waals surface area contributed by atoms with E-state index in [2.05, 4.69) is 11.9 Å². The summed E-state index contributed by atoms with van der Waals surface area (Å²) < 4.78 is 0. The van der Waals surface area contributed by atoms with Crippen molar-refractivity contribution in [1.82, 2.24) is 4.98 Å². The van der Waals surface area contributed by atoms with Crippen LogP contribution in [-0.4, -0.2) is 10.8 Å². The molecule has 1 aromatic heterocycles. The second-order valence-electron chi connectivity index (χ2n) is 5.02. The number of pyridine rings is 1. The number of aromatic nitrogens is 1. The molecule has 2 atom stereocenters. The van der Waals surface area contributed by atoms with Gasteiger partial charge in [-0.1, -0.05) is 13.3 Å². The van der Waals surface area contributed by atoms with E-state index in [9.17, 15) is 4.79 Å². The molecule has 1 aromatic rings. The average Bonchev–Trinajstić information content (AvgIpc) is 2.77. The highest BCUT2D eigenvalue weighted by Crippen LogP contribution is 2.33. The Labute approximate surface area is 102 Å². The van der Waals surface area contributed by atoms with Gasteiger partial charge in [-0.3, -0.25) is 4.79 Å². The largest absolute Gasteiger partial charge is 0.384 e. The Morgan fingerprint density at radius 2 is 2.35 bits per heavy atom. The number of rotatable bonds is 4. The third-order valence-electron chi connectivity index (χ3n) is 3.80. The fourth-order valence-electron chi connectivity index (χ4n) is 2.69. The molecule has 0 aromatic carbocycles. The van der Waals surface area contributed by atoms with Crippen LogP contribution in [0.5, 0.6) is 0 Å². The van der Waals surface area contributed by atoms with Crippen LogP contribution < -0.4 is 5.73 Å². The maximum atomic E-state index is 12.1. The van der Waals surface area contributed by atoms with Gasteiger partial charge in [0.1, 0.15) is 11.6 Å². The molecule has 3 heteroatoms. The number of nitrogens with two attached hydrogens (primary N) is 1. The van der Waals surface area contributed by atoms with Crippen molar-refractivity contribution in [2.24, 2.45) is 11.8 Å². The predicted molar refractivity (Wildman–Crippen MR) is 68.5 cm³/mol. The van der Waals surface area contributed by atoms with Gasteiger partial charge in [0.2, 0.25) is 0 Å². The number of carbonyl (C=O) groups excluding carboxylic acids is 1. The van der Waals surface area contributed by atoms with Crippen molar-refractivity contribution in [2.45, 2.75) is 39.0 Å². The van der Waals surface area contributed by atoms with Gasteiger partial charge >= 0.3 is 0 Å². The molecule has 1 fully saturated rings. The van der Waals surface area contributed by atoms with E-state index in [0.29, 0.717) is 18.0 Å². The van der Waals surface area contributed by atoms with Gasteiger partial charge in [-0.25, -0.2) is 4.98 Å². The Balaban J connectivity index is 1.93. The number of hydrogen-bond donors (Lipinski definition) is 1. The van der Waals surface area contributed by atoms with E-state index in [0.717, 1.165) is 24.3 Å². The molecule has 1 aliphatic rings. The van der Waals surface area contributed by atoms with Gasteiger partial charge in [0.15, 0.2) is 0 Å². The van der Waals surface area contributed by atoms with E-state index >= 15 is 0 Å². The third kappa shape index (κ3) is 3.05. The molecule has 1 saturated carbocycles. The van der Waals surface area contributed by atoms with Crippen LogP contribution in [0.4, 0.5) is 5.82 Å². The van der Waals surface area contributed by atoms with Crippen molar-refractivity contribution in [2.75, 3.05) is 5.73 Å². The lowest BCUT2D eigenvalue weighted by Crippen LogP contribution is -2.14. The molecule has 1 aliphatic carbocycles. The van der Waals surface area contributed by atoms with E-state index in [1.165, 1.54) is 12.8 Å². The molecular weight excluding hydrogens is 212 g/mol. The van der Waals surface area contributed by atoms with E-state index in [1.54, 1.807) is 12.3 Å². The van der Waals surface area contributed by atoms with E-state index in [1.807, 2.05) is 6.07 Å². The lowest BCUT2D eigenvalue weighted by Gasteiger charge is -2.09. The maximum Gasteiger partial charge on any atom is 0.140 e. The smallest absolute Gasteiger partial charge is 0.140 e. The molecule has 0 bridgehead atoms. The number of carbonyl (C=O) groups is 1. The van der Waals surface area contributed by atoms with Crippen molar-refractivity contribution in [3.05, 3.63) is 23.9 Å². The molecule has 2 N–H and O–H groups in total. The van der Waals surface area contributed by atoms with Gasteiger partial charge in [-0.2, -0.15) is 0 Å². The van der Waals surface area contributed by atoms with E-state index in [-0.39, 0.29) is 5.92 Å². The second-order valence-corrected chi connectivity index (χ2v) is 5.02. The normalized spacial score (nSPS) is 23.8. The highest BCUT2D eigenvalue weighted by Gasteiger charge is 2.28. The number of nitrogens with zero attached hydrogens (tertiary/aromatic N) is 1. The molecule has 0 radical (unpaired) electrons. The Kier molecular flexibility index (Phi) is 3.77. The first-order valence-electron chi connectivity index (χ1n) is 6.42. The van der Waals surface area contributed by atoms with Crippen molar-refractivity contribution >= 4 is 11.6 Å². The Morgan fingerprint density at radius 1 is 1.53 bits per heavy atom. The van der Waals surface area contributed by atoms with Crippen LogP contribution in [0.15, 0.2) is 18.3 Å². The zero-order valence-corrected chi connectivity index (χ0v) is 10.4. The van der Waals surface area contributed by atoms with Gasteiger partial charge < -0.3 is 5.73 Å². The summed E-state index contributed by atoms with van der Waals surface area (Å²) in [4.78, 5) is 16.1. The van der Waals surface area contributed by atoms with Crippen LogP contribution in [0.1, 0.15) is 38.2 Å². The first-order chi connectivity index (χ1) is 8.19. The molecule has 2 unspecified atom stereocenters. The molecule has 0 aliphatic heterocycles. The maximum absolute atomic E-state index is 12.1. The summed E-state index contributed by atoms with van der Waals surface area (Å²) in [5.74, 6) is 1.89. The molecule has 1 heterocycles. The van der Waals surface area contributed by atoms with Crippen molar-refractivity contribution in [1.29, 1.82) is 0 Å². The Morgan fingerprint density at radius 3 is 3.00 bits per heavy atom. The van der Waals surface area contributed by atoms with E-state index < -0.39 is 0 Å². The molecule has 0 spiro atoms. The molecule has 0 amide bonds. The van der Waals surface area contributed by atoms with Gasteiger partial charge in [0, 0.05) is 18.5 Å². The monoisotopic (exact) mass is 232 g/mol. The van der Waals surface area contributed by atoms with Crippen molar-refractivity contribution < 1.29 is 4.79 Å². The molecule has 2 rings (SSSR count). The van der Waals surface area contributed by atoms with Crippen LogP contribution in [0.25, 0.3) is 0 Å². The van der Waals surface area contributed by atoms with Gasteiger partial charge in [0.05, 0.1) is 0 Å². The zero-order valence-electron chi connectivity index (χ0n) is 10.4. The van der Waals surface area contributed by atoms with Crippen molar-refractivity contribution in [3.8, 4) is 0 Å². The third-order valence-corrected chi connectivity index (χ3v) is 3.80. The summed E-state index contributed by atoms with van der Waals surface area (Å²) in [5.41, 5.74) is 6.60. The number of Topliss-reactive ketones (excluding diaryl/α,β-unsaturated/α-hetero) is 1. The molecule has 0 saturated heterocycles. The summed E-state index contributed by atoms with van der Waals surface area (Å²) >= 11 is 0. The highest BCUT2D eigenvalue weighted by molar-refractivity contribution is 5.83. The lowest BCUT2D eigenvalue weighted by molar-refractivity contribution is -0.122. The number of anilines is 1. The Bertz CT molecular complexity index is 403. The number of nitrogen functional groups attached to an aromatic ring is 1. The SMILES string of the molecule is CCC1CCC(C(=O)Cc2ccnc(N)c2)C1. The Hall–Kier alpha value is -1.38. The first kappa shape index (κ1) is 12.1. The van der Waals surface area contributed by atoms with Gasteiger partial charge in [-0.05, 0) is 42.9 Å². The minimum absolute atomic E-state index is 0.273. The zero-order chi connectivity index (χ0) is 12.3. The quantitative estimate of drug-likeness (QED) is 0.868. The summed E-state index contributed by atoms with van der Waals surface area (Å²) in [6.07, 6.45) is 6.74. The van der Waals surface area contributed by atoms with Gasteiger partial charge in [0.25, 0.3) is 0 Å². The van der Waals surface area contributed by atoms with Crippen LogP contribution >= 0.6 is 0 Å². The number of hydrogen-bond acceptors (Lipinski definition) is 3. The van der Waals surface area contributed by atoms with Crippen molar-refractivity contribution in [3.63, 3.8) is 0 Å². The minimum atomic E-state index is 0.273. The fourth-order valence-corrected chi connectivity index (χ4v) is 2.69. The molecule has 3 nitrogen and oxygen atoms in total. The standard InChI is InChI=1S/C14H20N2O/c1-2-10-3-4-12(7-10)13(17)8-11-5-6-16-14(15)9-11/h5-6,9-10,12H,2-4,7-8H2,1H3,(H2,15,16). The lowest BCUT2D eigenvalue weighted by atomic mass is 9.95. The highest BCUT2D eigenvalue weighted by atomic mass is 16.1. The van der Waals surface area contributed by atoms with Gasteiger partial charge in [-0.15, -0.1) is 0 Å². The molecular formula is C14H20N2O. The van der Waals surface area contributed by atoms with Crippen LogP contribution in [0, 0.1) is 11.8 Å². The topological polar surface area (TPSA) is 56.0 Å². The first-order valence-corrected chi connectivity index (χ1v) is 6.42. The van der Waals surface area contributed by atoms with Crippen LogP contribution in [0.2, 0.25) is 0 Å². The average molecular weight is 232 g/mol. The second kappa shape index (κ2) is 5.30. The minimum Gasteiger partial charge on any atom is -0.384 e. The predicted octanol–water partition coefficient (Wildman–Crippen LogP) is 2.60. The van der Waals surface area contributed by atoms with Crippen LogP contribution in [0.3, 0.4) is 0 Å². The summed E-state index contributed by atoms with van der Waals surface area (Å²) in [5, 5.41) is 0. The van der Waals surface area contributed by atoms with E-state index in [4.69, 9.17) is 5.73 Å². The summed E-state index contributed by atoms with van der Waals surface area (Å²) in [6.45, 7) is 2.21. The number of ketones is 1. The summed E-state index contributed by atoms with van der Waals surface area (Å²) in [6, 6.07) is 3.67. The molecule has 92 valence electrons. The molecule has 17 heavy (non-hydrogen) atoms. The fraction of sp³-hybridized carbons (Fsp3) is 0.571. The summed E-state index contributed by atoms with van der Waals surface area (Å²) in [7, 11) is 0. The van der Waals surface area contributed by atoms with Crippen LogP contribution in [-0.2, 0) is 11.2 Å².